The van der Waals surface area contributed by atoms with E-state index in [1.807, 2.05) is 18.5 Å². The predicted molar refractivity (Wildman–Crippen MR) is 62.0 cm³/mol. The number of hydrogen-bond donors (Lipinski definition) is 2. The summed E-state index contributed by atoms with van der Waals surface area (Å²) in [5.74, 6) is 0.188. The van der Waals surface area contributed by atoms with Crippen molar-refractivity contribution >= 4 is 17.3 Å². The molecule has 1 atom stereocenters. The fourth-order valence-corrected chi connectivity index (χ4v) is 1.96. The second-order valence-corrected chi connectivity index (χ2v) is 3.86. The molecule has 0 radical (unpaired) electrons. The molecule has 3 nitrogen and oxygen atoms in total. The monoisotopic (exact) mass is 224 g/mol. The highest BCUT2D eigenvalue weighted by molar-refractivity contribution is 6.33. The number of phenolic OH excluding ortho intramolecular Hbond substituents is 1. The van der Waals surface area contributed by atoms with Crippen LogP contribution in [0.2, 0.25) is 5.02 Å². The van der Waals surface area contributed by atoms with Gasteiger partial charge in [0.25, 0.3) is 0 Å². The first-order valence-corrected chi connectivity index (χ1v) is 5.29. The van der Waals surface area contributed by atoms with E-state index >= 15 is 0 Å². The summed E-state index contributed by atoms with van der Waals surface area (Å²) in [6.45, 7) is 2.10. The van der Waals surface area contributed by atoms with Crippen LogP contribution in [0.25, 0.3) is 0 Å². The first kappa shape index (κ1) is 10.2. The number of nitrogens with zero attached hydrogens (tertiary/aromatic N) is 1. The van der Waals surface area contributed by atoms with Gasteiger partial charge in [-0.25, -0.2) is 0 Å². The van der Waals surface area contributed by atoms with Gasteiger partial charge >= 0.3 is 0 Å². The van der Waals surface area contributed by atoms with Crippen LogP contribution in [-0.4, -0.2) is 11.3 Å². The molecule has 0 aliphatic carbocycles. The normalized spacial score (nSPS) is 19.3. The Morgan fingerprint density at radius 2 is 2.33 bits per heavy atom. The lowest BCUT2D eigenvalue weighted by atomic mass is 10.2. The molecule has 0 fully saturated rings. The Balaban J connectivity index is 2.32. The average molecular weight is 225 g/mol. The van der Waals surface area contributed by atoms with E-state index < -0.39 is 0 Å². The third kappa shape index (κ3) is 1.88. The summed E-state index contributed by atoms with van der Waals surface area (Å²) in [4.78, 5) is 2.06. The van der Waals surface area contributed by atoms with Gasteiger partial charge in [-0.1, -0.05) is 18.5 Å². The molecule has 0 bridgehead atoms. The predicted octanol–water partition coefficient (Wildman–Crippen LogP) is 2.66. The molecule has 1 heterocycles. The Morgan fingerprint density at radius 1 is 1.53 bits per heavy atom. The Bertz CT molecular complexity index is 392. The van der Waals surface area contributed by atoms with Crippen LogP contribution in [0.15, 0.2) is 30.6 Å². The molecule has 0 saturated carbocycles. The summed E-state index contributed by atoms with van der Waals surface area (Å²) in [6, 6.07) is 5.01. The van der Waals surface area contributed by atoms with Crippen molar-refractivity contribution in [3.05, 3.63) is 35.6 Å². The zero-order valence-corrected chi connectivity index (χ0v) is 9.20. The van der Waals surface area contributed by atoms with Crippen LogP contribution in [0.4, 0.5) is 5.69 Å². The first-order valence-electron chi connectivity index (χ1n) is 4.92. The van der Waals surface area contributed by atoms with Crippen LogP contribution < -0.4 is 10.2 Å². The highest BCUT2D eigenvalue weighted by atomic mass is 35.5. The second-order valence-electron chi connectivity index (χ2n) is 3.45. The standard InChI is InChI=1S/C11H13ClN2O/c1-2-11-13-5-6-14(11)10-4-3-8(15)7-9(10)12/h3-7,11,13,15H,2H2,1H3. The third-order valence-electron chi connectivity index (χ3n) is 2.46. The summed E-state index contributed by atoms with van der Waals surface area (Å²) in [5.41, 5.74) is 0.905. The number of anilines is 1. The molecule has 0 amide bonds. The number of rotatable bonds is 2. The van der Waals surface area contributed by atoms with Gasteiger partial charge in [0.05, 0.1) is 10.7 Å². The molecular weight excluding hydrogens is 212 g/mol. The largest absolute Gasteiger partial charge is 0.508 e. The molecule has 1 unspecified atom stereocenters. The van der Waals surface area contributed by atoms with E-state index in [-0.39, 0.29) is 11.9 Å². The van der Waals surface area contributed by atoms with Gasteiger partial charge in [0.15, 0.2) is 0 Å². The average Bonchev–Trinajstić information content (AvgIpc) is 2.65. The molecule has 1 aromatic rings. The number of halogens is 1. The van der Waals surface area contributed by atoms with Crippen molar-refractivity contribution in [1.29, 1.82) is 0 Å². The lowest BCUT2D eigenvalue weighted by Gasteiger charge is -2.25. The zero-order chi connectivity index (χ0) is 10.8. The lowest BCUT2D eigenvalue weighted by Crippen LogP contribution is -2.34. The van der Waals surface area contributed by atoms with Crippen LogP contribution in [0.1, 0.15) is 13.3 Å². The SMILES string of the molecule is CCC1NC=CN1c1ccc(O)cc1Cl. The van der Waals surface area contributed by atoms with E-state index in [4.69, 9.17) is 11.6 Å². The van der Waals surface area contributed by atoms with Crippen LogP contribution in [0.3, 0.4) is 0 Å². The smallest absolute Gasteiger partial charge is 0.117 e. The molecule has 1 aliphatic heterocycles. The highest BCUT2D eigenvalue weighted by Crippen LogP contribution is 2.31. The highest BCUT2D eigenvalue weighted by Gasteiger charge is 2.19. The molecule has 2 N–H and O–H groups in total. The van der Waals surface area contributed by atoms with Crippen LogP contribution in [-0.2, 0) is 0 Å². The van der Waals surface area contributed by atoms with Crippen molar-refractivity contribution in [1.82, 2.24) is 5.32 Å². The Hall–Kier alpha value is -1.35. The van der Waals surface area contributed by atoms with E-state index in [2.05, 4.69) is 17.1 Å². The summed E-state index contributed by atoms with van der Waals surface area (Å²) in [7, 11) is 0. The number of nitrogens with one attached hydrogen (secondary N) is 1. The van der Waals surface area contributed by atoms with Gasteiger partial charge in [-0.15, -0.1) is 0 Å². The van der Waals surface area contributed by atoms with Gasteiger partial charge in [-0.3, -0.25) is 0 Å². The molecule has 1 aliphatic rings. The maximum Gasteiger partial charge on any atom is 0.117 e. The molecular formula is C11H13ClN2O. The van der Waals surface area contributed by atoms with Crippen molar-refractivity contribution in [3.8, 4) is 5.75 Å². The zero-order valence-electron chi connectivity index (χ0n) is 8.44. The maximum absolute atomic E-state index is 9.27. The maximum atomic E-state index is 9.27. The summed E-state index contributed by atoms with van der Waals surface area (Å²) < 4.78 is 0. The van der Waals surface area contributed by atoms with E-state index in [9.17, 15) is 5.11 Å². The molecule has 0 aromatic heterocycles. The number of aromatic hydroxyl groups is 1. The van der Waals surface area contributed by atoms with E-state index in [1.54, 1.807) is 12.1 Å². The molecule has 4 heteroatoms. The molecule has 15 heavy (non-hydrogen) atoms. The van der Waals surface area contributed by atoms with E-state index in [0.717, 1.165) is 12.1 Å². The minimum atomic E-state index is 0.188. The minimum absolute atomic E-state index is 0.188. The quantitative estimate of drug-likeness (QED) is 0.811. The summed E-state index contributed by atoms with van der Waals surface area (Å²) >= 11 is 6.07. The van der Waals surface area contributed by atoms with Crippen LogP contribution in [0, 0.1) is 0 Å². The van der Waals surface area contributed by atoms with Crippen molar-refractivity contribution in [2.75, 3.05) is 4.90 Å². The van der Waals surface area contributed by atoms with Gasteiger partial charge in [-0.2, -0.15) is 0 Å². The van der Waals surface area contributed by atoms with E-state index in [1.165, 1.54) is 0 Å². The van der Waals surface area contributed by atoms with Gasteiger partial charge in [0.1, 0.15) is 11.9 Å². The Morgan fingerprint density at radius 3 is 3.00 bits per heavy atom. The second kappa shape index (κ2) is 4.03. The first-order chi connectivity index (χ1) is 7.22. The van der Waals surface area contributed by atoms with E-state index in [0.29, 0.717) is 5.02 Å². The summed E-state index contributed by atoms with van der Waals surface area (Å²) in [6.07, 6.45) is 5.07. The number of benzene rings is 1. The summed E-state index contributed by atoms with van der Waals surface area (Å²) in [5, 5.41) is 13.0. The van der Waals surface area contributed by atoms with Gasteiger partial charge in [-0.05, 0) is 18.6 Å². The van der Waals surface area contributed by atoms with Crippen LogP contribution in [0.5, 0.6) is 5.75 Å². The van der Waals surface area contributed by atoms with Gasteiger partial charge < -0.3 is 15.3 Å². The molecule has 2 rings (SSSR count). The molecule has 0 spiro atoms. The number of phenols is 1. The Kier molecular flexibility index (Phi) is 2.73. The van der Waals surface area contributed by atoms with Gasteiger partial charge in [0.2, 0.25) is 0 Å². The number of hydrogen-bond acceptors (Lipinski definition) is 3. The molecule has 0 saturated heterocycles. The minimum Gasteiger partial charge on any atom is -0.508 e. The van der Waals surface area contributed by atoms with Gasteiger partial charge in [0, 0.05) is 18.5 Å². The molecule has 80 valence electrons. The Labute approximate surface area is 94.0 Å². The van der Waals surface area contributed by atoms with Crippen LogP contribution >= 0.6 is 11.6 Å². The van der Waals surface area contributed by atoms with Crippen molar-refractivity contribution in [2.45, 2.75) is 19.5 Å². The molecule has 1 aromatic carbocycles. The fourth-order valence-electron chi connectivity index (χ4n) is 1.69. The van der Waals surface area contributed by atoms with Crippen molar-refractivity contribution < 1.29 is 5.11 Å². The van der Waals surface area contributed by atoms with Crippen molar-refractivity contribution in [2.24, 2.45) is 0 Å². The fraction of sp³-hybridized carbons (Fsp3) is 0.273. The van der Waals surface area contributed by atoms with Crippen molar-refractivity contribution in [3.63, 3.8) is 0 Å². The lowest BCUT2D eigenvalue weighted by molar-refractivity contribution is 0.475. The third-order valence-corrected chi connectivity index (χ3v) is 2.76. The topological polar surface area (TPSA) is 35.5 Å².